The molecule has 0 fully saturated rings. The number of methoxy groups -OCH3 is 1. The van der Waals surface area contributed by atoms with Gasteiger partial charge in [0.15, 0.2) is 0 Å². The molecule has 0 saturated carbocycles. The number of imidazole rings is 1. The number of nitrogens with two attached hydrogens (primary N) is 1. The van der Waals surface area contributed by atoms with Crippen LogP contribution in [0.2, 0.25) is 0 Å². The van der Waals surface area contributed by atoms with Gasteiger partial charge in [-0.05, 0) is 20.3 Å². The van der Waals surface area contributed by atoms with Crippen molar-refractivity contribution in [1.29, 1.82) is 0 Å². The average molecular weight is 197 g/mol. The first-order valence-corrected chi connectivity index (χ1v) is 4.80. The van der Waals surface area contributed by atoms with Crippen molar-refractivity contribution in [2.24, 2.45) is 7.05 Å². The van der Waals surface area contributed by atoms with Gasteiger partial charge in [0.2, 0.25) is 0 Å². The number of rotatable bonds is 3. The third-order valence-corrected chi connectivity index (χ3v) is 2.99. The molecule has 0 spiro atoms. The third kappa shape index (κ3) is 1.50. The summed E-state index contributed by atoms with van der Waals surface area (Å²) in [6.45, 7) is 6.00. The van der Waals surface area contributed by atoms with Gasteiger partial charge in [-0.1, -0.05) is 6.92 Å². The van der Waals surface area contributed by atoms with E-state index in [1.165, 1.54) is 0 Å². The van der Waals surface area contributed by atoms with Crippen molar-refractivity contribution in [3.63, 3.8) is 0 Å². The van der Waals surface area contributed by atoms with Gasteiger partial charge in [0.05, 0.1) is 0 Å². The van der Waals surface area contributed by atoms with Crippen LogP contribution in [-0.4, -0.2) is 16.7 Å². The van der Waals surface area contributed by atoms with E-state index >= 15 is 0 Å². The number of anilines is 1. The molecule has 0 aliphatic heterocycles. The molecule has 1 aromatic rings. The smallest absolute Gasteiger partial charge is 0.129 e. The van der Waals surface area contributed by atoms with Gasteiger partial charge in [-0.25, -0.2) is 4.98 Å². The van der Waals surface area contributed by atoms with E-state index in [9.17, 15) is 0 Å². The number of nitrogens with zero attached hydrogens (tertiary/aromatic N) is 2. The molecule has 0 radical (unpaired) electrons. The SMILES string of the molecule is CCC(C)(OC)c1nc(C)n(C)c1N. The molecule has 0 saturated heterocycles. The quantitative estimate of drug-likeness (QED) is 0.800. The largest absolute Gasteiger partial charge is 0.383 e. The van der Waals surface area contributed by atoms with Crippen molar-refractivity contribution >= 4 is 5.82 Å². The fourth-order valence-electron chi connectivity index (χ4n) is 1.42. The van der Waals surface area contributed by atoms with E-state index in [1.54, 1.807) is 7.11 Å². The standard InChI is InChI=1S/C10H19N3O/c1-6-10(3,14-5)8-9(11)13(4)7(2)12-8/h6,11H2,1-5H3. The monoisotopic (exact) mass is 197 g/mol. The van der Waals surface area contributed by atoms with E-state index in [2.05, 4.69) is 11.9 Å². The minimum absolute atomic E-state index is 0.379. The van der Waals surface area contributed by atoms with E-state index in [-0.39, 0.29) is 5.60 Å². The van der Waals surface area contributed by atoms with Gasteiger partial charge in [0.25, 0.3) is 0 Å². The van der Waals surface area contributed by atoms with E-state index in [1.807, 2.05) is 25.5 Å². The van der Waals surface area contributed by atoms with E-state index in [0.717, 1.165) is 17.9 Å². The summed E-state index contributed by atoms with van der Waals surface area (Å²) < 4.78 is 7.34. The number of hydrogen-bond acceptors (Lipinski definition) is 3. The summed E-state index contributed by atoms with van der Waals surface area (Å²) in [7, 11) is 3.60. The summed E-state index contributed by atoms with van der Waals surface area (Å²) in [4.78, 5) is 4.44. The molecule has 0 aliphatic carbocycles. The maximum Gasteiger partial charge on any atom is 0.129 e. The Morgan fingerprint density at radius 1 is 1.57 bits per heavy atom. The number of hydrogen-bond donors (Lipinski definition) is 1. The van der Waals surface area contributed by atoms with Crippen molar-refractivity contribution in [2.45, 2.75) is 32.8 Å². The fourth-order valence-corrected chi connectivity index (χ4v) is 1.42. The van der Waals surface area contributed by atoms with Gasteiger partial charge in [-0.15, -0.1) is 0 Å². The molecule has 0 amide bonds. The third-order valence-electron chi connectivity index (χ3n) is 2.99. The molecule has 80 valence electrons. The van der Waals surface area contributed by atoms with Crippen molar-refractivity contribution in [3.05, 3.63) is 11.5 Å². The van der Waals surface area contributed by atoms with Crippen molar-refractivity contribution in [1.82, 2.24) is 9.55 Å². The van der Waals surface area contributed by atoms with Crippen LogP contribution in [0.4, 0.5) is 5.82 Å². The predicted molar refractivity (Wildman–Crippen MR) is 57.0 cm³/mol. The van der Waals surface area contributed by atoms with E-state index in [4.69, 9.17) is 10.5 Å². The fraction of sp³-hybridized carbons (Fsp3) is 0.700. The van der Waals surface area contributed by atoms with Gasteiger partial charge < -0.3 is 15.0 Å². The van der Waals surface area contributed by atoms with Crippen LogP contribution in [0, 0.1) is 6.92 Å². The lowest BCUT2D eigenvalue weighted by Crippen LogP contribution is -2.25. The molecular weight excluding hydrogens is 178 g/mol. The molecule has 1 unspecified atom stereocenters. The van der Waals surface area contributed by atoms with Crippen molar-refractivity contribution in [3.8, 4) is 0 Å². The second-order valence-electron chi connectivity index (χ2n) is 3.74. The van der Waals surface area contributed by atoms with Crippen LogP contribution < -0.4 is 5.73 Å². The number of aromatic nitrogens is 2. The molecule has 14 heavy (non-hydrogen) atoms. The predicted octanol–water partition coefficient (Wildman–Crippen LogP) is 1.58. The van der Waals surface area contributed by atoms with Crippen LogP contribution in [0.5, 0.6) is 0 Å². The van der Waals surface area contributed by atoms with E-state index < -0.39 is 0 Å². The topological polar surface area (TPSA) is 53.1 Å². The van der Waals surface area contributed by atoms with Gasteiger partial charge in [0, 0.05) is 14.2 Å². The number of nitrogen functional groups attached to an aromatic ring is 1. The molecule has 1 atom stereocenters. The summed E-state index contributed by atoms with van der Waals surface area (Å²) in [5.74, 6) is 1.60. The van der Waals surface area contributed by atoms with Gasteiger partial charge >= 0.3 is 0 Å². The Morgan fingerprint density at radius 2 is 2.14 bits per heavy atom. The first kappa shape index (κ1) is 11.0. The minimum Gasteiger partial charge on any atom is -0.383 e. The van der Waals surface area contributed by atoms with Crippen LogP contribution in [-0.2, 0) is 17.4 Å². The van der Waals surface area contributed by atoms with Crippen LogP contribution in [0.1, 0.15) is 31.8 Å². The van der Waals surface area contributed by atoms with E-state index in [0.29, 0.717) is 5.82 Å². The highest BCUT2D eigenvalue weighted by Crippen LogP contribution is 2.31. The Balaban J connectivity index is 3.24. The first-order valence-electron chi connectivity index (χ1n) is 4.80. The summed E-state index contributed by atoms with van der Waals surface area (Å²) in [6, 6.07) is 0. The summed E-state index contributed by atoms with van der Waals surface area (Å²) >= 11 is 0. The molecule has 0 aromatic carbocycles. The molecule has 2 N–H and O–H groups in total. The normalized spacial score (nSPS) is 15.5. The van der Waals surface area contributed by atoms with Crippen molar-refractivity contribution < 1.29 is 4.74 Å². The highest BCUT2D eigenvalue weighted by molar-refractivity contribution is 5.41. The van der Waals surface area contributed by atoms with Crippen LogP contribution >= 0.6 is 0 Å². The molecule has 1 rings (SSSR count). The van der Waals surface area contributed by atoms with Crippen LogP contribution in [0.3, 0.4) is 0 Å². The van der Waals surface area contributed by atoms with Gasteiger partial charge in [-0.2, -0.15) is 0 Å². The first-order chi connectivity index (χ1) is 6.46. The Labute approximate surface area is 85.1 Å². The Kier molecular flexibility index (Phi) is 2.85. The molecule has 4 nitrogen and oxygen atoms in total. The second kappa shape index (κ2) is 3.61. The Hall–Kier alpha value is -1.03. The molecule has 1 heterocycles. The summed E-state index contributed by atoms with van der Waals surface area (Å²) in [6.07, 6.45) is 0.851. The molecular formula is C10H19N3O. The van der Waals surface area contributed by atoms with Crippen LogP contribution in [0.15, 0.2) is 0 Å². The lowest BCUT2D eigenvalue weighted by molar-refractivity contribution is -0.00414. The number of aryl methyl sites for hydroxylation is 1. The lowest BCUT2D eigenvalue weighted by Gasteiger charge is -2.25. The molecule has 0 aliphatic rings. The molecule has 4 heteroatoms. The average Bonchev–Trinajstić information content (AvgIpc) is 2.45. The zero-order valence-electron chi connectivity index (χ0n) is 9.59. The van der Waals surface area contributed by atoms with Gasteiger partial charge in [-0.3, -0.25) is 0 Å². The summed E-state index contributed by atoms with van der Waals surface area (Å²) in [5, 5.41) is 0. The zero-order chi connectivity index (χ0) is 10.9. The summed E-state index contributed by atoms with van der Waals surface area (Å²) in [5.41, 5.74) is 6.42. The molecule has 1 aromatic heterocycles. The highest BCUT2D eigenvalue weighted by Gasteiger charge is 2.30. The second-order valence-corrected chi connectivity index (χ2v) is 3.74. The molecule has 0 bridgehead atoms. The van der Waals surface area contributed by atoms with Crippen LogP contribution in [0.25, 0.3) is 0 Å². The van der Waals surface area contributed by atoms with Crippen molar-refractivity contribution in [2.75, 3.05) is 12.8 Å². The maximum atomic E-state index is 5.96. The Bertz CT molecular complexity index is 326. The minimum atomic E-state index is -0.379. The maximum absolute atomic E-state index is 5.96. The van der Waals surface area contributed by atoms with Gasteiger partial charge in [0.1, 0.15) is 22.9 Å². The number of ether oxygens (including phenoxy) is 1. The highest BCUT2D eigenvalue weighted by atomic mass is 16.5. The Morgan fingerprint density at radius 3 is 2.43 bits per heavy atom. The zero-order valence-corrected chi connectivity index (χ0v) is 9.59. The lowest BCUT2D eigenvalue weighted by atomic mass is 9.99.